The molecule has 85 heavy (non-hydrogen) atoms. The summed E-state index contributed by atoms with van der Waals surface area (Å²) < 4.78 is 9.60. The third-order valence-corrected chi connectivity index (χ3v) is 26.6. The Morgan fingerprint density at radius 1 is 0.341 bits per heavy atom. The first kappa shape index (κ1) is 49.1. The smallest absolute Gasteiger partial charge is 0.182 e. The lowest BCUT2D eigenvalue weighted by Gasteiger charge is -2.42. The number of hydrogen-bond acceptors (Lipinski definition) is 3. The molecule has 1 aromatic heterocycles. The fraction of sp³-hybridized carbons (Fsp3) is 0.111. The molecule has 18 rings (SSSR count). The number of para-hydroxylation sites is 2. The number of fused-ring (bicyclic) bond motifs is 23. The molecule has 0 fully saturated rings. The molecule has 0 saturated carbocycles. The number of rotatable bonds is 5. The van der Waals surface area contributed by atoms with E-state index >= 15 is 0 Å². The van der Waals surface area contributed by atoms with Gasteiger partial charge in [-0.3, -0.25) is 0 Å². The normalized spacial score (nSPS) is 15.9. The van der Waals surface area contributed by atoms with Gasteiger partial charge in [-0.2, -0.15) is 0 Å². The first-order valence-corrected chi connectivity index (χ1v) is 33.0. The van der Waals surface area contributed by atoms with Gasteiger partial charge >= 0.3 is 0 Å². The van der Waals surface area contributed by atoms with E-state index in [1.54, 1.807) is 0 Å². The SMILES string of the molecule is CC1(C)CCC(C)(C)c2cc(-c3ccccc3N(c3ccc4c(c3)C3(c5ccccc5O4)c4ccccc4-c4ccccc43)c3ccc4sc5ccc(-c6ccc7c(c6)-c6ccccc6[Si]76c7ccccc7-c7ccccc76)cc5c4c3)ccc21. The van der Waals surface area contributed by atoms with Gasteiger partial charge in [0, 0.05) is 48.2 Å². The van der Waals surface area contributed by atoms with Crippen LogP contribution in [0.3, 0.4) is 0 Å². The summed E-state index contributed by atoms with van der Waals surface area (Å²) in [5.74, 6) is 1.77. The number of benzene rings is 12. The van der Waals surface area contributed by atoms with E-state index in [2.05, 4.69) is 293 Å². The number of hydrogen-bond donors (Lipinski definition) is 0. The second-order valence-corrected chi connectivity index (χ2v) is 30.4. The van der Waals surface area contributed by atoms with Crippen LogP contribution in [0.4, 0.5) is 17.1 Å². The number of thiophene rings is 1. The van der Waals surface area contributed by atoms with E-state index in [-0.39, 0.29) is 10.8 Å². The minimum absolute atomic E-state index is 0.0545. The van der Waals surface area contributed by atoms with Gasteiger partial charge < -0.3 is 9.64 Å². The maximum atomic E-state index is 7.04. The van der Waals surface area contributed by atoms with Crippen LogP contribution in [-0.4, -0.2) is 8.07 Å². The van der Waals surface area contributed by atoms with Gasteiger partial charge in [-0.15, -0.1) is 11.3 Å². The highest BCUT2D eigenvalue weighted by Crippen LogP contribution is 2.63. The lowest BCUT2D eigenvalue weighted by atomic mass is 9.63. The van der Waals surface area contributed by atoms with Gasteiger partial charge in [0.2, 0.25) is 0 Å². The molecule has 12 aromatic carbocycles. The third-order valence-electron chi connectivity index (χ3n) is 20.4. The number of anilines is 3. The summed E-state index contributed by atoms with van der Waals surface area (Å²) >= 11 is 1.88. The maximum Gasteiger partial charge on any atom is 0.182 e. The van der Waals surface area contributed by atoms with E-state index in [1.165, 1.54) is 125 Å². The zero-order valence-electron chi connectivity index (χ0n) is 48.0. The van der Waals surface area contributed by atoms with E-state index in [0.717, 1.165) is 46.1 Å². The molecule has 3 aliphatic heterocycles. The average molecular weight is 1120 g/mol. The van der Waals surface area contributed by atoms with Crippen molar-refractivity contribution in [3.05, 3.63) is 294 Å². The molecular formula is C81H59NOSSi. The summed E-state index contributed by atoms with van der Waals surface area (Å²) in [6.45, 7) is 9.72. The maximum absolute atomic E-state index is 7.04. The molecule has 404 valence electrons. The predicted molar refractivity (Wildman–Crippen MR) is 359 cm³/mol. The van der Waals surface area contributed by atoms with E-state index < -0.39 is 13.5 Å². The molecular weight excluding hydrogens is 1060 g/mol. The first-order valence-electron chi connectivity index (χ1n) is 30.2. The van der Waals surface area contributed by atoms with Crippen LogP contribution >= 0.6 is 11.3 Å². The molecule has 0 amide bonds. The molecule has 2 spiro atoms. The fourth-order valence-corrected chi connectivity index (χ4v) is 23.1. The number of ether oxygens (including phenoxy) is 1. The molecule has 4 heterocycles. The van der Waals surface area contributed by atoms with Gasteiger partial charge in [-0.05, 0) is 183 Å². The Morgan fingerprint density at radius 2 is 0.824 bits per heavy atom. The number of nitrogens with zero attached hydrogens (tertiary/aromatic N) is 1. The molecule has 0 N–H and O–H groups in total. The highest BCUT2D eigenvalue weighted by atomic mass is 32.1. The Bertz CT molecular complexity index is 4950. The second-order valence-electron chi connectivity index (χ2n) is 25.6. The Balaban J connectivity index is 0.835. The van der Waals surface area contributed by atoms with Crippen LogP contribution in [0.15, 0.2) is 261 Å². The van der Waals surface area contributed by atoms with Gasteiger partial charge in [-0.25, -0.2) is 0 Å². The van der Waals surface area contributed by atoms with Gasteiger partial charge in [0.05, 0.1) is 11.1 Å². The Morgan fingerprint density at radius 3 is 1.52 bits per heavy atom. The predicted octanol–water partition coefficient (Wildman–Crippen LogP) is 19.0. The molecule has 2 aliphatic carbocycles. The Kier molecular flexibility index (Phi) is 10.2. The van der Waals surface area contributed by atoms with Crippen molar-refractivity contribution in [2.45, 2.75) is 56.8 Å². The van der Waals surface area contributed by atoms with Gasteiger partial charge in [0.25, 0.3) is 0 Å². The minimum atomic E-state index is -2.54. The van der Waals surface area contributed by atoms with Gasteiger partial charge in [-0.1, -0.05) is 222 Å². The monoisotopic (exact) mass is 1120 g/mol. The van der Waals surface area contributed by atoms with Crippen molar-refractivity contribution in [1.29, 1.82) is 0 Å². The lowest BCUT2D eigenvalue weighted by Crippen LogP contribution is -2.70. The van der Waals surface area contributed by atoms with Crippen molar-refractivity contribution in [3.63, 3.8) is 0 Å². The molecule has 0 atom stereocenters. The summed E-state index contributed by atoms with van der Waals surface area (Å²) in [5.41, 5.74) is 23.6. The standard InChI is InChI=1S/C81H59NOSSi/c1-79(2)43-44-80(3,4)68-47-52(33-38-66(68)79)55-19-7-14-28-70(55)82(54-36-39-72-69(49-54)81(67-27-13-15-29-71(67)83-72)64-25-11-5-20-56(64)57-21-6-12-26-65(57)81)53-37-41-74-62(48-53)61-45-50(34-40-73(61)84-74)51-35-42-78-63(46-51)60-24-10-18-32-77(60)85(78)75-30-16-8-22-58(75)59-23-9-17-31-76(59)85/h5-42,45-49H,43-44H2,1-4H3. The molecule has 0 saturated heterocycles. The molecule has 13 aromatic rings. The summed E-state index contributed by atoms with van der Waals surface area (Å²) in [5, 5.41) is 8.53. The van der Waals surface area contributed by atoms with Crippen molar-refractivity contribution in [2.75, 3.05) is 4.90 Å². The van der Waals surface area contributed by atoms with Gasteiger partial charge in [0.15, 0.2) is 8.07 Å². The summed E-state index contributed by atoms with van der Waals surface area (Å²) in [7, 11) is -2.54. The zero-order chi connectivity index (χ0) is 56.6. The van der Waals surface area contributed by atoms with Crippen LogP contribution < -0.4 is 30.4 Å². The van der Waals surface area contributed by atoms with E-state index in [9.17, 15) is 0 Å². The topological polar surface area (TPSA) is 12.5 Å². The van der Waals surface area contributed by atoms with Crippen LogP contribution in [0.25, 0.3) is 75.8 Å². The van der Waals surface area contributed by atoms with E-state index in [0.29, 0.717) is 0 Å². The summed E-state index contributed by atoms with van der Waals surface area (Å²) in [4.78, 5) is 2.54. The Hall–Kier alpha value is -9.32. The van der Waals surface area contributed by atoms with Gasteiger partial charge in [0.1, 0.15) is 11.5 Å². The summed E-state index contributed by atoms with van der Waals surface area (Å²) in [6, 6.07) is 99.7. The molecule has 5 aliphatic rings. The average Bonchev–Trinajstić information content (AvgIpc) is 1.63. The van der Waals surface area contributed by atoms with E-state index in [1.807, 2.05) is 11.3 Å². The summed E-state index contributed by atoms with van der Waals surface area (Å²) in [6.07, 6.45) is 2.33. The zero-order valence-corrected chi connectivity index (χ0v) is 49.8. The van der Waals surface area contributed by atoms with Crippen molar-refractivity contribution in [2.24, 2.45) is 0 Å². The minimum Gasteiger partial charge on any atom is -0.457 e. The molecule has 0 bridgehead atoms. The van der Waals surface area contributed by atoms with Crippen LogP contribution in [-0.2, 0) is 16.2 Å². The van der Waals surface area contributed by atoms with Crippen LogP contribution in [0.1, 0.15) is 73.9 Å². The molecule has 4 heteroatoms. The molecule has 0 unspecified atom stereocenters. The van der Waals surface area contributed by atoms with Crippen LogP contribution in [0.5, 0.6) is 11.5 Å². The van der Waals surface area contributed by atoms with Crippen molar-refractivity contribution in [3.8, 4) is 67.1 Å². The highest BCUT2D eigenvalue weighted by molar-refractivity contribution is 7.26. The second kappa shape index (κ2) is 17.6. The quantitative estimate of drug-likeness (QED) is 0.159. The molecule has 2 nitrogen and oxygen atoms in total. The van der Waals surface area contributed by atoms with Crippen molar-refractivity contribution in [1.82, 2.24) is 0 Å². The highest BCUT2D eigenvalue weighted by Gasteiger charge is 2.54. The van der Waals surface area contributed by atoms with Crippen molar-refractivity contribution < 1.29 is 4.74 Å². The fourth-order valence-electron chi connectivity index (χ4n) is 16.4. The van der Waals surface area contributed by atoms with Crippen LogP contribution in [0, 0.1) is 0 Å². The largest absolute Gasteiger partial charge is 0.457 e. The third kappa shape index (κ3) is 6.64. The van der Waals surface area contributed by atoms with Crippen molar-refractivity contribution >= 4 is 77.4 Å². The van der Waals surface area contributed by atoms with Crippen LogP contribution in [0.2, 0.25) is 0 Å². The van der Waals surface area contributed by atoms with E-state index in [4.69, 9.17) is 4.74 Å². The molecule has 0 radical (unpaired) electrons. The first-order chi connectivity index (χ1) is 41.6. The lowest BCUT2D eigenvalue weighted by molar-refractivity contribution is 0.332. The Labute approximate surface area is 502 Å².